The zero-order valence-electron chi connectivity index (χ0n) is 20.1. The Morgan fingerprint density at radius 3 is 2.60 bits per heavy atom. The molecule has 0 bridgehead atoms. The van der Waals surface area contributed by atoms with E-state index in [0.29, 0.717) is 29.2 Å². The predicted octanol–water partition coefficient (Wildman–Crippen LogP) is 4.18. The second-order valence-corrected chi connectivity index (χ2v) is 9.39. The lowest BCUT2D eigenvalue weighted by atomic mass is 9.99. The van der Waals surface area contributed by atoms with Crippen LogP contribution in [0, 0.1) is 31.0 Å². The lowest BCUT2D eigenvalue weighted by Crippen LogP contribution is -2.30. The molecule has 1 amide bonds. The number of aromatic nitrogens is 4. The van der Waals surface area contributed by atoms with Crippen LogP contribution in [0.4, 0.5) is 4.39 Å². The van der Waals surface area contributed by atoms with Crippen LogP contribution in [0.5, 0.6) is 0 Å². The minimum absolute atomic E-state index is 0.160. The van der Waals surface area contributed by atoms with Gasteiger partial charge in [-0.25, -0.2) is 9.37 Å². The quantitative estimate of drug-likeness (QED) is 0.423. The van der Waals surface area contributed by atoms with E-state index in [2.05, 4.69) is 10.3 Å². The Hall–Kier alpha value is -3.94. The monoisotopic (exact) mass is 472 g/mol. The largest absolute Gasteiger partial charge is 0.345 e. The number of nitrogens with one attached hydrogen (secondary N) is 2. The third kappa shape index (κ3) is 4.69. The van der Waals surface area contributed by atoms with Gasteiger partial charge in [-0.05, 0) is 73.6 Å². The van der Waals surface area contributed by atoms with Gasteiger partial charge in [0.1, 0.15) is 11.6 Å². The fraction of sp³-hybridized carbons (Fsp3) is 0.296. The number of carbonyl (C=O) groups excluding carboxylic acids is 1. The predicted molar refractivity (Wildman–Crippen MR) is 131 cm³/mol. The zero-order chi connectivity index (χ0) is 24.7. The summed E-state index contributed by atoms with van der Waals surface area (Å²) in [6.45, 7) is 4.13. The number of halogens is 1. The highest BCUT2D eigenvalue weighted by atomic mass is 19.1. The molecule has 0 radical (unpaired) electrons. The summed E-state index contributed by atoms with van der Waals surface area (Å²) >= 11 is 0. The maximum Gasteiger partial charge on any atom is 0.251 e. The van der Waals surface area contributed by atoms with Crippen molar-refractivity contribution < 1.29 is 9.18 Å². The van der Waals surface area contributed by atoms with Crippen molar-refractivity contribution in [3.8, 4) is 5.69 Å². The van der Waals surface area contributed by atoms with E-state index in [4.69, 9.17) is 5.41 Å². The van der Waals surface area contributed by atoms with Gasteiger partial charge in [0.2, 0.25) is 5.62 Å². The van der Waals surface area contributed by atoms with Crippen molar-refractivity contribution in [2.75, 3.05) is 0 Å². The molecule has 8 heteroatoms. The van der Waals surface area contributed by atoms with Crippen molar-refractivity contribution in [2.45, 2.75) is 39.3 Å². The molecule has 0 saturated heterocycles. The number of hydrogen-bond acceptors (Lipinski definition) is 3. The van der Waals surface area contributed by atoms with Gasteiger partial charge < -0.3 is 19.0 Å². The Balaban J connectivity index is 1.50. The summed E-state index contributed by atoms with van der Waals surface area (Å²) in [4.78, 5) is 17.9. The van der Waals surface area contributed by atoms with Crippen LogP contribution < -0.4 is 10.9 Å². The second kappa shape index (κ2) is 9.02. The van der Waals surface area contributed by atoms with Gasteiger partial charge in [0.15, 0.2) is 0 Å². The van der Waals surface area contributed by atoms with E-state index in [1.54, 1.807) is 23.8 Å². The van der Waals surface area contributed by atoms with Crippen molar-refractivity contribution in [1.82, 2.24) is 24.0 Å². The molecule has 1 atom stereocenters. The summed E-state index contributed by atoms with van der Waals surface area (Å²) in [5.74, 6) is 0.761. The van der Waals surface area contributed by atoms with Crippen molar-refractivity contribution in [3.63, 3.8) is 0 Å². The molecule has 35 heavy (non-hydrogen) atoms. The molecule has 0 aliphatic heterocycles. The number of rotatable bonds is 7. The fourth-order valence-electron chi connectivity index (χ4n) is 4.52. The van der Waals surface area contributed by atoms with E-state index in [1.807, 2.05) is 66.0 Å². The maximum absolute atomic E-state index is 13.9. The maximum atomic E-state index is 13.9. The smallest absolute Gasteiger partial charge is 0.251 e. The molecule has 7 nitrogen and oxygen atoms in total. The van der Waals surface area contributed by atoms with E-state index in [-0.39, 0.29) is 17.8 Å². The van der Waals surface area contributed by atoms with Gasteiger partial charge in [0, 0.05) is 43.1 Å². The van der Waals surface area contributed by atoms with Crippen molar-refractivity contribution >= 4 is 5.91 Å². The van der Waals surface area contributed by atoms with Crippen molar-refractivity contribution in [1.29, 1.82) is 5.41 Å². The van der Waals surface area contributed by atoms with E-state index < -0.39 is 0 Å². The first kappa shape index (κ1) is 22.8. The van der Waals surface area contributed by atoms with Gasteiger partial charge in [-0.3, -0.25) is 10.2 Å². The van der Waals surface area contributed by atoms with E-state index in [0.717, 1.165) is 35.5 Å². The molecule has 2 N–H and O–H groups in total. The molecule has 1 aliphatic rings. The minimum atomic E-state index is -0.241. The fourth-order valence-corrected chi connectivity index (χ4v) is 4.52. The molecule has 2 aromatic heterocycles. The number of amides is 1. The van der Waals surface area contributed by atoms with Crippen LogP contribution in [0.3, 0.4) is 0 Å². The second-order valence-electron chi connectivity index (χ2n) is 9.39. The Bertz CT molecular complexity index is 1460. The number of benzene rings is 2. The van der Waals surface area contributed by atoms with Crippen LogP contribution in [0.15, 0.2) is 61.2 Å². The van der Waals surface area contributed by atoms with Crippen LogP contribution in [0.25, 0.3) is 5.69 Å². The molecule has 2 aromatic carbocycles. The number of nitrogens with zero attached hydrogens (tertiary/aromatic N) is 4. The first-order chi connectivity index (χ1) is 16.8. The topological polar surface area (TPSA) is 80.6 Å². The summed E-state index contributed by atoms with van der Waals surface area (Å²) in [6, 6.07) is 10.7. The molecular formula is C27H29FN6O. The Morgan fingerprint density at radius 1 is 1.17 bits per heavy atom. The molecule has 1 fully saturated rings. The zero-order valence-corrected chi connectivity index (χ0v) is 20.1. The highest BCUT2D eigenvalue weighted by Gasteiger charge is 2.34. The number of aryl methyl sites for hydroxylation is 3. The Kier molecular flexibility index (Phi) is 5.88. The van der Waals surface area contributed by atoms with Crippen molar-refractivity contribution in [3.05, 3.63) is 101 Å². The third-order valence-corrected chi connectivity index (χ3v) is 6.69. The van der Waals surface area contributed by atoms with Gasteiger partial charge >= 0.3 is 0 Å². The van der Waals surface area contributed by atoms with Crippen molar-refractivity contribution in [2.24, 2.45) is 13.0 Å². The van der Waals surface area contributed by atoms with Crippen LogP contribution in [0.1, 0.15) is 51.8 Å². The summed E-state index contributed by atoms with van der Waals surface area (Å²) in [5, 5.41) is 11.5. The standard InChI is InChI=1S/C27H29FN6O/c1-17-12-21(6-7-24(17)28)25(20-4-5-20)31-26(35)22-13-19(16-33-11-10-32(3)27(33)29)14-23(15-22)34-9-8-30-18(34)2/h6-15,20,25,29H,4-5,16H2,1-3H3,(H,31,35)/t25-/m0/s1. The first-order valence-corrected chi connectivity index (χ1v) is 11.8. The molecule has 1 aliphatic carbocycles. The van der Waals surface area contributed by atoms with E-state index in [1.165, 1.54) is 6.07 Å². The van der Waals surface area contributed by atoms with Gasteiger partial charge in [-0.15, -0.1) is 0 Å². The van der Waals surface area contributed by atoms with Gasteiger partial charge in [-0.1, -0.05) is 12.1 Å². The van der Waals surface area contributed by atoms with Gasteiger partial charge in [0.05, 0.1) is 12.6 Å². The average molecular weight is 473 g/mol. The first-order valence-electron chi connectivity index (χ1n) is 11.8. The van der Waals surface area contributed by atoms with Crippen LogP contribution in [-0.4, -0.2) is 24.6 Å². The van der Waals surface area contributed by atoms with Gasteiger partial charge in [-0.2, -0.15) is 0 Å². The number of hydrogen-bond donors (Lipinski definition) is 2. The average Bonchev–Trinajstić information content (AvgIpc) is 3.52. The summed E-state index contributed by atoms with van der Waals surface area (Å²) in [7, 11) is 1.83. The molecular weight excluding hydrogens is 443 g/mol. The van der Waals surface area contributed by atoms with E-state index >= 15 is 0 Å². The number of carbonyl (C=O) groups is 1. The minimum Gasteiger partial charge on any atom is -0.345 e. The molecule has 1 saturated carbocycles. The van der Waals surface area contributed by atoms with E-state index in [9.17, 15) is 9.18 Å². The molecule has 5 rings (SSSR count). The lowest BCUT2D eigenvalue weighted by molar-refractivity contribution is 0.0931. The Labute approximate surface area is 203 Å². The molecule has 180 valence electrons. The van der Waals surface area contributed by atoms with Crippen LogP contribution in [0.2, 0.25) is 0 Å². The van der Waals surface area contributed by atoms with Crippen LogP contribution in [-0.2, 0) is 13.6 Å². The van der Waals surface area contributed by atoms with Gasteiger partial charge in [0.25, 0.3) is 5.91 Å². The molecule has 4 aromatic rings. The normalized spacial score (nSPS) is 14.2. The highest BCUT2D eigenvalue weighted by Crippen LogP contribution is 2.41. The highest BCUT2D eigenvalue weighted by molar-refractivity contribution is 5.95. The summed E-state index contributed by atoms with van der Waals surface area (Å²) < 4.78 is 19.4. The number of imidazole rings is 2. The SMILES string of the molecule is Cc1cc([C@@H](NC(=O)c2cc(Cn3ccn(C)c3=N)cc(-n3ccnc3C)c2)C2CC2)ccc1F. The molecule has 2 heterocycles. The summed E-state index contributed by atoms with van der Waals surface area (Å²) in [6.07, 6.45) is 9.38. The lowest BCUT2D eigenvalue weighted by Gasteiger charge is -2.20. The molecule has 0 unspecified atom stereocenters. The van der Waals surface area contributed by atoms with Crippen LogP contribution >= 0.6 is 0 Å². The Morgan fingerprint density at radius 2 is 1.97 bits per heavy atom. The molecule has 0 spiro atoms. The third-order valence-electron chi connectivity index (χ3n) is 6.69. The summed E-state index contributed by atoms with van der Waals surface area (Å²) in [5.41, 5.74) is 4.17.